The van der Waals surface area contributed by atoms with Gasteiger partial charge in [-0.15, -0.1) is 11.3 Å². The minimum atomic E-state index is 0.596. The topological polar surface area (TPSA) is 55.1 Å². The van der Waals surface area contributed by atoms with Gasteiger partial charge in [0.15, 0.2) is 17.5 Å². The van der Waals surface area contributed by atoms with Gasteiger partial charge in [0, 0.05) is 60.1 Å². The number of benzene rings is 8. The Labute approximate surface area is 320 Å². The van der Waals surface area contributed by atoms with Crippen molar-refractivity contribution < 1.29 is 4.42 Å². The monoisotopic (exact) mass is 722 g/mol. The zero-order valence-electron chi connectivity index (χ0n) is 29.4. The summed E-state index contributed by atoms with van der Waals surface area (Å²) in [6.07, 6.45) is 0. The van der Waals surface area contributed by atoms with Crippen molar-refractivity contribution in [2.45, 2.75) is 0 Å². The first kappa shape index (κ1) is 31.4. The van der Waals surface area contributed by atoms with Crippen LogP contribution in [0.4, 0.5) is 17.1 Å². The van der Waals surface area contributed by atoms with Crippen molar-refractivity contribution in [1.82, 2.24) is 15.0 Å². The highest BCUT2D eigenvalue weighted by atomic mass is 32.1. The number of thiophene rings is 1. The number of fused-ring (bicyclic) bond motifs is 7. The third-order valence-corrected chi connectivity index (χ3v) is 11.5. The van der Waals surface area contributed by atoms with Gasteiger partial charge in [0.1, 0.15) is 11.2 Å². The molecule has 0 bridgehead atoms. The van der Waals surface area contributed by atoms with Gasteiger partial charge < -0.3 is 9.32 Å². The first-order valence-corrected chi connectivity index (χ1v) is 19.1. The second kappa shape index (κ2) is 12.8. The van der Waals surface area contributed by atoms with E-state index in [0.717, 1.165) is 55.7 Å². The van der Waals surface area contributed by atoms with E-state index in [1.807, 2.05) is 84.1 Å². The molecule has 0 spiro atoms. The second-order valence-electron chi connectivity index (χ2n) is 13.6. The van der Waals surface area contributed by atoms with E-state index in [1.165, 1.54) is 30.9 Å². The highest BCUT2D eigenvalue weighted by molar-refractivity contribution is 7.26. The standard InChI is InChI=1S/C49H30N4OS/c1-3-15-32(16-4-1)47-50-48(33-17-5-2-6-18-33)52-49(51-47)39-23-13-26-42-45(39)38-29-28-34(30-43(38)54-42)53(40-24-11-19-31-14-7-8-20-35(31)40)41-25-12-22-37-36-21-9-10-27-44(36)55-46(37)41/h1-30H. The molecule has 258 valence electrons. The van der Waals surface area contributed by atoms with Crippen molar-refractivity contribution in [2.24, 2.45) is 0 Å². The normalized spacial score (nSPS) is 11.6. The molecule has 5 nitrogen and oxygen atoms in total. The number of aromatic nitrogens is 3. The summed E-state index contributed by atoms with van der Waals surface area (Å²) in [6, 6.07) is 63.3. The van der Waals surface area contributed by atoms with Gasteiger partial charge in [0.2, 0.25) is 0 Å². The SMILES string of the molecule is c1ccc(-c2nc(-c3ccccc3)nc(-c3cccc4oc5cc(N(c6cccc7ccccc67)c6cccc7c6sc6ccccc67)ccc5c34)n2)cc1. The van der Waals surface area contributed by atoms with Crippen LogP contribution in [0.5, 0.6) is 0 Å². The Morgan fingerprint density at radius 1 is 0.436 bits per heavy atom. The molecule has 0 unspecified atom stereocenters. The predicted octanol–water partition coefficient (Wildman–Crippen LogP) is 13.8. The van der Waals surface area contributed by atoms with Crippen LogP contribution >= 0.6 is 11.3 Å². The summed E-state index contributed by atoms with van der Waals surface area (Å²) in [5.74, 6) is 1.84. The van der Waals surface area contributed by atoms with Crippen LogP contribution < -0.4 is 4.90 Å². The molecule has 6 heteroatoms. The van der Waals surface area contributed by atoms with Gasteiger partial charge in [0.05, 0.1) is 16.1 Å². The average molecular weight is 723 g/mol. The summed E-state index contributed by atoms with van der Waals surface area (Å²) in [5.41, 5.74) is 7.54. The quantitative estimate of drug-likeness (QED) is 0.171. The largest absolute Gasteiger partial charge is 0.456 e. The highest BCUT2D eigenvalue weighted by Crippen LogP contribution is 2.47. The summed E-state index contributed by atoms with van der Waals surface area (Å²) in [7, 11) is 0. The minimum absolute atomic E-state index is 0.596. The van der Waals surface area contributed by atoms with E-state index in [1.54, 1.807) is 0 Å². The molecule has 0 atom stereocenters. The summed E-state index contributed by atoms with van der Waals surface area (Å²) < 4.78 is 9.24. The van der Waals surface area contributed by atoms with E-state index in [0.29, 0.717) is 17.5 Å². The molecule has 0 N–H and O–H groups in total. The van der Waals surface area contributed by atoms with Crippen LogP contribution in [-0.2, 0) is 0 Å². The molecule has 11 aromatic rings. The fourth-order valence-corrected chi connectivity index (χ4v) is 8.99. The highest BCUT2D eigenvalue weighted by Gasteiger charge is 2.22. The average Bonchev–Trinajstić information content (AvgIpc) is 3.83. The Hall–Kier alpha value is -7.15. The lowest BCUT2D eigenvalue weighted by molar-refractivity contribution is 0.669. The van der Waals surface area contributed by atoms with Crippen LogP contribution in [0.25, 0.3) is 87.0 Å². The van der Waals surface area contributed by atoms with Gasteiger partial charge >= 0.3 is 0 Å². The smallest absolute Gasteiger partial charge is 0.164 e. The van der Waals surface area contributed by atoms with Crippen LogP contribution in [0.2, 0.25) is 0 Å². The summed E-state index contributed by atoms with van der Waals surface area (Å²) in [6.45, 7) is 0. The summed E-state index contributed by atoms with van der Waals surface area (Å²) in [5, 5.41) is 6.84. The van der Waals surface area contributed by atoms with Gasteiger partial charge in [-0.3, -0.25) is 0 Å². The lowest BCUT2D eigenvalue weighted by atomic mass is 10.0. The lowest BCUT2D eigenvalue weighted by Gasteiger charge is -2.27. The molecule has 0 fully saturated rings. The van der Waals surface area contributed by atoms with Crippen molar-refractivity contribution in [2.75, 3.05) is 4.90 Å². The van der Waals surface area contributed by atoms with E-state index >= 15 is 0 Å². The van der Waals surface area contributed by atoms with Crippen LogP contribution in [0.3, 0.4) is 0 Å². The molecule has 0 aliphatic carbocycles. The van der Waals surface area contributed by atoms with Gasteiger partial charge in [0.25, 0.3) is 0 Å². The van der Waals surface area contributed by atoms with Gasteiger partial charge in [-0.2, -0.15) is 0 Å². The summed E-state index contributed by atoms with van der Waals surface area (Å²) in [4.78, 5) is 17.4. The number of nitrogens with zero attached hydrogens (tertiary/aromatic N) is 4. The Kier molecular flexibility index (Phi) is 7.28. The lowest BCUT2D eigenvalue weighted by Crippen LogP contribution is -2.10. The molecule has 3 aromatic heterocycles. The Balaban J connectivity index is 1.13. The zero-order valence-corrected chi connectivity index (χ0v) is 30.2. The fourth-order valence-electron chi connectivity index (χ4n) is 7.79. The molecule has 0 amide bonds. The van der Waals surface area contributed by atoms with Crippen molar-refractivity contribution >= 4 is 81.3 Å². The molecule has 0 aliphatic rings. The first-order chi connectivity index (χ1) is 27.3. The molecule has 11 rings (SSSR count). The van der Waals surface area contributed by atoms with E-state index in [2.05, 4.69) is 114 Å². The third kappa shape index (κ3) is 5.26. The maximum Gasteiger partial charge on any atom is 0.164 e. The van der Waals surface area contributed by atoms with Gasteiger partial charge in [-0.25, -0.2) is 15.0 Å². The minimum Gasteiger partial charge on any atom is -0.456 e. The van der Waals surface area contributed by atoms with Crippen LogP contribution in [-0.4, -0.2) is 15.0 Å². The van der Waals surface area contributed by atoms with Crippen LogP contribution in [0.15, 0.2) is 186 Å². The number of anilines is 3. The van der Waals surface area contributed by atoms with E-state index in [4.69, 9.17) is 19.4 Å². The summed E-state index contributed by atoms with van der Waals surface area (Å²) >= 11 is 1.83. The molecular weight excluding hydrogens is 693 g/mol. The van der Waals surface area contributed by atoms with E-state index in [-0.39, 0.29) is 0 Å². The Morgan fingerprint density at radius 3 is 1.85 bits per heavy atom. The molecular formula is C49H30N4OS. The van der Waals surface area contributed by atoms with Crippen LogP contribution in [0.1, 0.15) is 0 Å². The molecule has 0 radical (unpaired) electrons. The molecule has 0 aliphatic heterocycles. The van der Waals surface area contributed by atoms with Crippen molar-refractivity contribution in [3.63, 3.8) is 0 Å². The van der Waals surface area contributed by atoms with Crippen molar-refractivity contribution in [3.8, 4) is 34.2 Å². The predicted molar refractivity (Wildman–Crippen MR) is 228 cm³/mol. The third-order valence-electron chi connectivity index (χ3n) is 10.3. The van der Waals surface area contributed by atoms with Crippen molar-refractivity contribution in [3.05, 3.63) is 182 Å². The molecule has 55 heavy (non-hydrogen) atoms. The van der Waals surface area contributed by atoms with E-state index in [9.17, 15) is 0 Å². The Morgan fingerprint density at radius 2 is 1.05 bits per heavy atom. The molecule has 0 saturated carbocycles. The molecule has 8 aromatic carbocycles. The number of furan rings is 1. The first-order valence-electron chi connectivity index (χ1n) is 18.3. The maximum atomic E-state index is 6.73. The maximum absolute atomic E-state index is 6.73. The molecule has 3 heterocycles. The molecule has 0 saturated heterocycles. The Bertz CT molecular complexity index is 3160. The zero-order chi connectivity index (χ0) is 36.3. The van der Waals surface area contributed by atoms with Crippen molar-refractivity contribution in [1.29, 1.82) is 0 Å². The van der Waals surface area contributed by atoms with Gasteiger partial charge in [-0.05, 0) is 41.8 Å². The van der Waals surface area contributed by atoms with E-state index < -0.39 is 0 Å². The number of rotatable bonds is 6. The van der Waals surface area contributed by atoms with Crippen LogP contribution in [0, 0.1) is 0 Å². The number of hydrogen-bond acceptors (Lipinski definition) is 6. The number of hydrogen-bond donors (Lipinski definition) is 0. The van der Waals surface area contributed by atoms with Gasteiger partial charge in [-0.1, -0.05) is 140 Å². The second-order valence-corrected chi connectivity index (χ2v) is 14.6. The fraction of sp³-hybridized carbons (Fsp3) is 0.